The van der Waals surface area contributed by atoms with E-state index in [9.17, 15) is 29.1 Å². The fourth-order valence-corrected chi connectivity index (χ4v) is 3.84. The lowest BCUT2D eigenvalue weighted by Crippen LogP contribution is -2.41. The van der Waals surface area contributed by atoms with Gasteiger partial charge in [0.2, 0.25) is 5.96 Å². The van der Waals surface area contributed by atoms with Crippen LogP contribution >= 0.6 is 0 Å². The number of aliphatic imine (C=N–C) groups is 4. The zero-order valence-corrected chi connectivity index (χ0v) is 21.7. The summed E-state index contributed by atoms with van der Waals surface area (Å²) in [5.41, 5.74) is 7.59. The predicted octanol–water partition coefficient (Wildman–Crippen LogP) is 0.901. The zero-order valence-electron chi connectivity index (χ0n) is 21.7. The van der Waals surface area contributed by atoms with Crippen LogP contribution in [0.3, 0.4) is 0 Å². The minimum absolute atomic E-state index is 0.165. The smallest absolute Gasteiger partial charge is 0.346 e. The summed E-state index contributed by atoms with van der Waals surface area (Å²) >= 11 is 0. The van der Waals surface area contributed by atoms with Crippen molar-refractivity contribution in [2.75, 3.05) is 11.9 Å². The molecular weight excluding hydrogens is 534 g/mol. The van der Waals surface area contributed by atoms with Crippen molar-refractivity contribution in [3.63, 3.8) is 0 Å². The first kappa shape index (κ1) is 28.5. The van der Waals surface area contributed by atoms with Crippen molar-refractivity contribution >= 4 is 59.1 Å². The molecule has 0 spiro atoms. The fourth-order valence-electron chi connectivity index (χ4n) is 3.84. The number of rotatable bonds is 10. The minimum Gasteiger partial charge on any atom is -0.480 e. The Balaban J connectivity index is 1.27. The summed E-state index contributed by atoms with van der Waals surface area (Å²) in [6.45, 7) is 1.91. The van der Waals surface area contributed by atoms with Crippen molar-refractivity contribution < 1.29 is 33.8 Å². The molecule has 0 radical (unpaired) electrons. The molecule has 2 aliphatic rings. The van der Waals surface area contributed by atoms with Crippen LogP contribution in [0.5, 0.6) is 0 Å². The number of amidine groups is 1. The molecule has 210 valence electrons. The van der Waals surface area contributed by atoms with Gasteiger partial charge in [-0.15, -0.1) is 0 Å². The van der Waals surface area contributed by atoms with Crippen molar-refractivity contribution in [2.24, 2.45) is 25.7 Å². The van der Waals surface area contributed by atoms with Gasteiger partial charge in [-0.3, -0.25) is 19.4 Å². The summed E-state index contributed by atoms with van der Waals surface area (Å²) in [5.74, 6) is -4.29. The maximum atomic E-state index is 12.6. The number of carbonyl (C=O) groups excluding carboxylic acids is 4. The summed E-state index contributed by atoms with van der Waals surface area (Å²) < 4.78 is 4.81. The van der Waals surface area contributed by atoms with Gasteiger partial charge in [0.05, 0.1) is 24.0 Å². The van der Waals surface area contributed by atoms with Gasteiger partial charge in [0.1, 0.15) is 6.04 Å². The van der Waals surface area contributed by atoms with Crippen LogP contribution < -0.4 is 16.4 Å². The molecule has 2 heterocycles. The lowest BCUT2D eigenvalue weighted by molar-refractivity contribution is -0.140. The van der Waals surface area contributed by atoms with Crippen LogP contribution in [0.25, 0.3) is 0 Å². The highest BCUT2D eigenvalue weighted by molar-refractivity contribution is 6.38. The molecule has 2 aliphatic heterocycles. The number of hydrogen-bond acceptors (Lipinski definition) is 11. The number of aryl methyl sites for hydroxylation is 1. The molecule has 0 aliphatic carbocycles. The van der Waals surface area contributed by atoms with Crippen molar-refractivity contribution in [2.45, 2.75) is 31.8 Å². The molecule has 2 aromatic rings. The summed E-state index contributed by atoms with van der Waals surface area (Å²) in [5, 5.41) is 15.0. The molecule has 2 amide bonds. The van der Waals surface area contributed by atoms with Crippen LogP contribution in [0.1, 0.15) is 39.1 Å². The second-order valence-corrected chi connectivity index (χ2v) is 8.97. The van der Waals surface area contributed by atoms with Gasteiger partial charge in [0.15, 0.2) is 11.9 Å². The van der Waals surface area contributed by atoms with Crippen LogP contribution in [0.4, 0.5) is 5.69 Å². The van der Waals surface area contributed by atoms with E-state index in [0.717, 1.165) is 0 Å². The molecule has 0 fully saturated rings. The van der Waals surface area contributed by atoms with E-state index in [1.54, 1.807) is 37.3 Å². The number of amides is 2. The van der Waals surface area contributed by atoms with Gasteiger partial charge in [0, 0.05) is 17.7 Å². The number of ether oxygens (including phenoxy) is 1. The van der Waals surface area contributed by atoms with E-state index in [-0.39, 0.29) is 35.9 Å². The van der Waals surface area contributed by atoms with Crippen molar-refractivity contribution in [1.82, 2.24) is 5.32 Å². The molecule has 1 unspecified atom stereocenters. The number of carbonyl (C=O) groups is 5. The van der Waals surface area contributed by atoms with Crippen molar-refractivity contribution in [1.29, 1.82) is 0 Å². The molecule has 41 heavy (non-hydrogen) atoms. The first-order valence-corrected chi connectivity index (χ1v) is 12.4. The summed E-state index contributed by atoms with van der Waals surface area (Å²) in [7, 11) is 0. The van der Waals surface area contributed by atoms with Crippen LogP contribution in [-0.2, 0) is 19.1 Å². The highest BCUT2D eigenvalue weighted by Crippen LogP contribution is 2.14. The third-order valence-electron chi connectivity index (χ3n) is 6.01. The number of fused-ring (bicyclic) bond motifs is 1. The molecule has 0 aromatic heterocycles. The number of esters is 2. The number of nitrogens with zero attached hydrogens (tertiary/aromatic N) is 4. The third-order valence-corrected chi connectivity index (χ3v) is 6.01. The normalized spacial score (nSPS) is 16.4. The Bertz CT molecular complexity index is 1530. The Morgan fingerprint density at radius 3 is 2.51 bits per heavy atom. The standard InChI is InChI=1S/C27H25N7O7/c1-14-4-2-3-5-18(14)26(40)41-20(35)11-10-19(25(38)39)32-23(36)15-6-8-16(9-7-15)29-12-17-13-30-22-21(31-17)24(37)34-27(28)33-22/h2-9,13,19,21,29H,10-12H2,1H3,(H,32,36)(H,38,39)(H2,28,34,37)/t19-,21?/m0/s1. The molecular formula is C27H25N7O7. The Kier molecular flexibility index (Phi) is 8.72. The average molecular weight is 560 g/mol. The Hall–Kier alpha value is -5.53. The highest BCUT2D eigenvalue weighted by Gasteiger charge is 2.30. The van der Waals surface area contributed by atoms with Crippen LogP contribution in [0.15, 0.2) is 68.5 Å². The topological polar surface area (TPSA) is 214 Å². The summed E-state index contributed by atoms with van der Waals surface area (Å²) in [6, 6.07) is 10.4. The van der Waals surface area contributed by atoms with E-state index >= 15 is 0 Å². The number of carboxylic acid groups (broad SMARTS) is 1. The van der Waals surface area contributed by atoms with Crippen LogP contribution in [0.2, 0.25) is 0 Å². The van der Waals surface area contributed by atoms with Crippen LogP contribution in [0, 0.1) is 6.92 Å². The molecule has 0 saturated heterocycles. The number of guanidine groups is 1. The maximum absolute atomic E-state index is 12.6. The molecule has 0 bridgehead atoms. The van der Waals surface area contributed by atoms with Gasteiger partial charge >= 0.3 is 17.9 Å². The van der Waals surface area contributed by atoms with E-state index in [1.165, 1.54) is 24.4 Å². The zero-order chi connectivity index (χ0) is 29.5. The molecule has 5 N–H and O–H groups in total. The van der Waals surface area contributed by atoms with Crippen molar-refractivity contribution in [3.8, 4) is 0 Å². The second kappa shape index (κ2) is 12.5. The van der Waals surface area contributed by atoms with Crippen molar-refractivity contribution in [3.05, 3.63) is 65.2 Å². The second-order valence-electron chi connectivity index (χ2n) is 8.97. The number of nitrogens with two attached hydrogens (primary N) is 1. The number of nitrogens with one attached hydrogen (secondary N) is 2. The quantitative estimate of drug-likeness (QED) is 0.240. The van der Waals surface area contributed by atoms with E-state index in [2.05, 4.69) is 30.6 Å². The minimum atomic E-state index is -1.39. The van der Waals surface area contributed by atoms with Crippen LogP contribution in [-0.4, -0.2) is 77.2 Å². The highest BCUT2D eigenvalue weighted by atomic mass is 16.6. The lowest BCUT2D eigenvalue weighted by atomic mass is 10.1. The molecule has 14 nitrogen and oxygen atoms in total. The molecule has 4 rings (SSSR count). The molecule has 14 heteroatoms. The predicted molar refractivity (Wildman–Crippen MR) is 148 cm³/mol. The number of anilines is 1. The van der Waals surface area contributed by atoms with Gasteiger partial charge in [-0.25, -0.2) is 14.6 Å². The van der Waals surface area contributed by atoms with Gasteiger partial charge in [0.25, 0.3) is 11.8 Å². The molecule has 0 saturated carbocycles. The Labute approximate surface area is 233 Å². The maximum Gasteiger partial charge on any atom is 0.346 e. The number of hydrogen-bond donors (Lipinski definition) is 4. The monoisotopic (exact) mass is 559 g/mol. The number of benzene rings is 2. The van der Waals surface area contributed by atoms with Gasteiger partial charge in [-0.1, -0.05) is 18.2 Å². The Morgan fingerprint density at radius 2 is 1.80 bits per heavy atom. The van der Waals surface area contributed by atoms with Gasteiger partial charge < -0.3 is 26.2 Å². The summed E-state index contributed by atoms with van der Waals surface area (Å²) in [4.78, 5) is 76.5. The fraction of sp³-hybridized carbons (Fsp3) is 0.222. The first-order chi connectivity index (χ1) is 19.6. The lowest BCUT2D eigenvalue weighted by Gasteiger charge is -2.18. The number of carboxylic acids is 1. The summed E-state index contributed by atoms with van der Waals surface area (Å²) in [6.07, 6.45) is 0.777. The van der Waals surface area contributed by atoms with E-state index < -0.39 is 48.2 Å². The average Bonchev–Trinajstić information content (AvgIpc) is 2.94. The van der Waals surface area contributed by atoms with Gasteiger partial charge in [-0.2, -0.15) is 9.98 Å². The van der Waals surface area contributed by atoms with Gasteiger partial charge in [-0.05, 0) is 49.2 Å². The Morgan fingerprint density at radius 1 is 1.07 bits per heavy atom. The number of aliphatic carboxylic acids is 1. The SMILES string of the molecule is Cc1ccccc1C(=O)OC(=O)CC[C@H](NC(=O)c1ccc(NCC2=NC3C(=O)N=C(N)N=C3N=C2)cc1)C(=O)O. The van der Waals surface area contributed by atoms with E-state index in [4.69, 9.17) is 10.5 Å². The first-order valence-electron chi connectivity index (χ1n) is 12.4. The van der Waals surface area contributed by atoms with E-state index in [0.29, 0.717) is 17.0 Å². The molecule has 2 atom stereocenters. The van der Waals surface area contributed by atoms with E-state index in [1.807, 2.05) is 0 Å². The third kappa shape index (κ3) is 7.32. The largest absolute Gasteiger partial charge is 0.480 e. The molecule has 2 aromatic carbocycles.